The van der Waals surface area contributed by atoms with Gasteiger partial charge in [-0.2, -0.15) is 0 Å². The zero-order valence-corrected chi connectivity index (χ0v) is 21.6. The Morgan fingerprint density at radius 3 is 2.64 bits per heavy atom. The lowest BCUT2D eigenvalue weighted by Crippen LogP contribution is -2.43. The Balaban J connectivity index is 1.54. The summed E-state index contributed by atoms with van der Waals surface area (Å²) in [5, 5.41) is 9.64. The van der Waals surface area contributed by atoms with E-state index in [4.69, 9.17) is 9.47 Å². The number of hydrogen-bond donors (Lipinski definition) is 1. The van der Waals surface area contributed by atoms with Crippen molar-refractivity contribution in [3.05, 3.63) is 71.0 Å². The molecule has 0 spiro atoms. The molecular formula is C31H39NO4. The van der Waals surface area contributed by atoms with E-state index in [2.05, 4.69) is 48.5 Å². The average molecular weight is 490 g/mol. The summed E-state index contributed by atoms with van der Waals surface area (Å²) in [7, 11) is 1.92. The van der Waals surface area contributed by atoms with Crippen LogP contribution in [0, 0.1) is 5.92 Å². The molecule has 36 heavy (non-hydrogen) atoms. The van der Waals surface area contributed by atoms with Crippen LogP contribution in [0.15, 0.2) is 54.3 Å². The molecule has 5 rings (SSSR count). The maximum absolute atomic E-state index is 13.7. The monoisotopic (exact) mass is 489 g/mol. The molecule has 0 saturated heterocycles. The maximum Gasteiger partial charge on any atom is 0.288 e. The van der Waals surface area contributed by atoms with Crippen LogP contribution in [0.3, 0.4) is 0 Å². The highest BCUT2D eigenvalue weighted by Gasteiger charge is 2.40. The Morgan fingerprint density at radius 1 is 1.08 bits per heavy atom. The van der Waals surface area contributed by atoms with Crippen LogP contribution in [0.1, 0.15) is 74.5 Å². The summed E-state index contributed by atoms with van der Waals surface area (Å²) in [6.45, 7) is 2.60. The number of nitrogens with zero attached hydrogens (tertiary/aromatic N) is 1. The van der Waals surface area contributed by atoms with E-state index in [0.29, 0.717) is 18.8 Å². The minimum absolute atomic E-state index is 0.0175. The molecule has 192 valence electrons. The van der Waals surface area contributed by atoms with Crippen molar-refractivity contribution in [2.24, 2.45) is 5.92 Å². The van der Waals surface area contributed by atoms with Crippen LogP contribution in [0.4, 0.5) is 0 Å². The molecule has 0 radical (unpaired) electrons. The Kier molecular flexibility index (Phi) is 7.78. The fourth-order valence-electron chi connectivity index (χ4n) is 6.42. The van der Waals surface area contributed by atoms with Gasteiger partial charge in [-0.05, 0) is 72.9 Å². The van der Waals surface area contributed by atoms with Crippen molar-refractivity contribution < 1.29 is 19.4 Å². The van der Waals surface area contributed by atoms with Crippen molar-refractivity contribution in [1.29, 1.82) is 0 Å². The minimum atomic E-state index is -0.519. The molecule has 1 saturated carbocycles. The zero-order valence-electron chi connectivity index (χ0n) is 21.6. The van der Waals surface area contributed by atoms with E-state index in [1.54, 1.807) is 0 Å². The standard InChI is InChI=1S/C31H39NO4/c1-3-35-31-26(17-10-18-33)28(20-29(36-31)30(34)32(2)22-12-5-4-6-13-22)25-16-9-15-24-23-14-8-7-11-21(23)19-27(24)25/h7-9,11,14-16,20,22,26,28,31,33H,3-6,10,12-13,17-19H2,1-2H3/t26-,28+,31+/m1/s1. The molecule has 2 aromatic carbocycles. The molecule has 1 amide bonds. The predicted octanol–water partition coefficient (Wildman–Crippen LogP) is 5.80. The maximum atomic E-state index is 13.7. The van der Waals surface area contributed by atoms with Crippen LogP contribution < -0.4 is 0 Å². The third-order valence-corrected chi connectivity index (χ3v) is 8.31. The van der Waals surface area contributed by atoms with E-state index >= 15 is 0 Å². The van der Waals surface area contributed by atoms with Crippen LogP contribution in [-0.2, 0) is 20.7 Å². The Labute approximate surface area is 215 Å². The van der Waals surface area contributed by atoms with Crippen molar-refractivity contribution in [3.63, 3.8) is 0 Å². The van der Waals surface area contributed by atoms with Crippen molar-refractivity contribution in [3.8, 4) is 11.1 Å². The number of allylic oxidation sites excluding steroid dienone is 1. The van der Waals surface area contributed by atoms with Crippen molar-refractivity contribution in [2.45, 2.75) is 76.5 Å². The Bertz CT molecular complexity index is 1100. The first-order chi connectivity index (χ1) is 17.6. The van der Waals surface area contributed by atoms with Gasteiger partial charge in [0.25, 0.3) is 5.91 Å². The van der Waals surface area contributed by atoms with Crippen molar-refractivity contribution in [1.82, 2.24) is 4.90 Å². The summed E-state index contributed by atoms with van der Waals surface area (Å²) in [4.78, 5) is 15.6. The predicted molar refractivity (Wildman–Crippen MR) is 141 cm³/mol. The molecule has 2 aliphatic carbocycles. The molecule has 1 aliphatic heterocycles. The molecule has 3 atom stereocenters. The first kappa shape index (κ1) is 25.0. The number of carbonyl (C=O) groups excluding carboxylic acids is 1. The largest absolute Gasteiger partial charge is 0.459 e. The molecule has 5 nitrogen and oxygen atoms in total. The number of aliphatic hydroxyl groups excluding tert-OH is 1. The molecule has 1 N–H and O–H groups in total. The zero-order chi connectivity index (χ0) is 25.1. The summed E-state index contributed by atoms with van der Waals surface area (Å²) < 4.78 is 12.4. The van der Waals surface area contributed by atoms with Crippen LogP contribution >= 0.6 is 0 Å². The number of benzene rings is 2. The van der Waals surface area contributed by atoms with E-state index in [1.165, 1.54) is 47.1 Å². The van der Waals surface area contributed by atoms with Gasteiger partial charge in [-0.3, -0.25) is 4.79 Å². The van der Waals surface area contributed by atoms with Gasteiger partial charge in [-0.25, -0.2) is 0 Å². The lowest BCUT2D eigenvalue weighted by atomic mass is 9.78. The fourth-order valence-corrected chi connectivity index (χ4v) is 6.42. The van der Waals surface area contributed by atoms with E-state index in [9.17, 15) is 9.90 Å². The lowest BCUT2D eigenvalue weighted by molar-refractivity contribution is -0.170. The highest BCUT2D eigenvalue weighted by atomic mass is 16.7. The van der Waals surface area contributed by atoms with Gasteiger partial charge in [0.2, 0.25) is 6.29 Å². The van der Waals surface area contributed by atoms with E-state index in [-0.39, 0.29) is 30.4 Å². The van der Waals surface area contributed by atoms with E-state index in [0.717, 1.165) is 25.7 Å². The Morgan fingerprint density at radius 2 is 1.86 bits per heavy atom. The molecular weight excluding hydrogens is 450 g/mol. The number of ether oxygens (including phenoxy) is 2. The fraction of sp³-hybridized carbons (Fsp3) is 0.516. The topological polar surface area (TPSA) is 59.0 Å². The molecule has 0 unspecified atom stereocenters. The number of fused-ring (bicyclic) bond motifs is 3. The van der Waals surface area contributed by atoms with Gasteiger partial charge in [-0.1, -0.05) is 61.7 Å². The number of amides is 1. The Hall–Kier alpha value is -2.63. The van der Waals surface area contributed by atoms with Gasteiger partial charge in [0, 0.05) is 38.1 Å². The second-order valence-corrected chi connectivity index (χ2v) is 10.4. The summed E-state index contributed by atoms with van der Waals surface area (Å²) in [5.41, 5.74) is 6.50. The van der Waals surface area contributed by atoms with E-state index < -0.39 is 6.29 Å². The highest BCUT2D eigenvalue weighted by molar-refractivity contribution is 5.92. The van der Waals surface area contributed by atoms with Crippen LogP contribution in [0.25, 0.3) is 11.1 Å². The van der Waals surface area contributed by atoms with Gasteiger partial charge in [-0.15, -0.1) is 0 Å². The van der Waals surface area contributed by atoms with Crippen molar-refractivity contribution >= 4 is 5.91 Å². The highest BCUT2D eigenvalue weighted by Crippen LogP contribution is 2.46. The summed E-state index contributed by atoms with van der Waals surface area (Å²) in [6.07, 6.45) is 9.56. The second kappa shape index (κ2) is 11.2. The number of rotatable bonds is 8. The van der Waals surface area contributed by atoms with Gasteiger partial charge < -0.3 is 19.5 Å². The number of hydrogen-bond acceptors (Lipinski definition) is 4. The summed E-state index contributed by atoms with van der Waals surface area (Å²) >= 11 is 0. The molecule has 1 heterocycles. The second-order valence-electron chi connectivity index (χ2n) is 10.4. The first-order valence-corrected chi connectivity index (χ1v) is 13.7. The van der Waals surface area contributed by atoms with Gasteiger partial charge in [0.05, 0.1) is 0 Å². The minimum Gasteiger partial charge on any atom is -0.459 e. The first-order valence-electron chi connectivity index (χ1n) is 13.7. The average Bonchev–Trinajstić information content (AvgIpc) is 3.31. The van der Waals surface area contributed by atoms with E-state index in [1.807, 2.05) is 18.9 Å². The third-order valence-electron chi connectivity index (χ3n) is 8.31. The molecule has 2 aromatic rings. The molecule has 1 fully saturated rings. The van der Waals surface area contributed by atoms with Gasteiger partial charge >= 0.3 is 0 Å². The summed E-state index contributed by atoms with van der Waals surface area (Å²) in [6, 6.07) is 15.4. The smallest absolute Gasteiger partial charge is 0.288 e. The molecule has 0 aromatic heterocycles. The summed E-state index contributed by atoms with van der Waals surface area (Å²) in [5.74, 6) is 0.349. The quantitative estimate of drug-likeness (QED) is 0.435. The lowest BCUT2D eigenvalue weighted by Gasteiger charge is -2.39. The molecule has 0 bridgehead atoms. The third kappa shape index (κ3) is 4.83. The SMILES string of the molecule is CCO[C@H]1OC(C(=O)N(C)C2CCCCC2)=C[C@@H](c2cccc3c2Cc2ccccc2-3)[C@H]1CCCO. The molecule has 5 heteroatoms. The molecule has 3 aliphatic rings. The van der Waals surface area contributed by atoms with Crippen LogP contribution in [-0.4, -0.2) is 48.5 Å². The number of likely N-dealkylation sites (N-methyl/N-ethyl adjacent to an activating group) is 1. The van der Waals surface area contributed by atoms with Crippen LogP contribution in [0.2, 0.25) is 0 Å². The number of aliphatic hydroxyl groups is 1. The van der Waals surface area contributed by atoms with Crippen molar-refractivity contribution in [2.75, 3.05) is 20.3 Å². The van der Waals surface area contributed by atoms with Gasteiger partial charge in [0.15, 0.2) is 5.76 Å². The van der Waals surface area contributed by atoms with Crippen LogP contribution in [0.5, 0.6) is 0 Å². The normalized spacial score (nSPS) is 23.4. The number of carbonyl (C=O) groups is 1. The van der Waals surface area contributed by atoms with Gasteiger partial charge in [0.1, 0.15) is 0 Å².